The van der Waals surface area contributed by atoms with Crippen LogP contribution in [0.4, 0.5) is 17.3 Å². The molecule has 0 aliphatic heterocycles. The minimum Gasteiger partial charge on any atom is -0.495 e. The second-order valence-electron chi connectivity index (χ2n) is 5.93. The second-order valence-corrected chi connectivity index (χ2v) is 6.87. The van der Waals surface area contributed by atoms with Crippen molar-refractivity contribution in [3.8, 4) is 22.8 Å². The molecule has 5 N–H and O–H groups in total. The number of nitrogens with two attached hydrogens (primary N) is 1. The summed E-state index contributed by atoms with van der Waals surface area (Å²) in [6, 6.07) is 13.0. The van der Waals surface area contributed by atoms with Crippen LogP contribution in [-0.4, -0.2) is 42.4 Å². The number of methoxy groups -OCH3 is 2. The van der Waals surface area contributed by atoms with Crippen LogP contribution in [0.3, 0.4) is 0 Å². The lowest BCUT2D eigenvalue weighted by Crippen LogP contribution is -2.09. The molecular formula is C20H23N5O3S. The van der Waals surface area contributed by atoms with Crippen LogP contribution >= 0.6 is 11.9 Å². The van der Waals surface area contributed by atoms with E-state index >= 15 is 0 Å². The highest BCUT2D eigenvalue weighted by Gasteiger charge is 2.09. The third-order valence-electron chi connectivity index (χ3n) is 4.00. The number of aliphatic hydroxyl groups excluding tert-OH is 1. The van der Waals surface area contributed by atoms with Gasteiger partial charge in [-0.05, 0) is 48.3 Å². The van der Waals surface area contributed by atoms with Crippen molar-refractivity contribution in [2.24, 2.45) is 0 Å². The molecule has 0 aliphatic carbocycles. The van der Waals surface area contributed by atoms with Crippen molar-refractivity contribution < 1.29 is 14.6 Å². The summed E-state index contributed by atoms with van der Waals surface area (Å²) in [6.07, 6.45) is 1.69. The molecule has 2 aromatic carbocycles. The molecule has 9 heteroatoms. The van der Waals surface area contributed by atoms with E-state index in [9.17, 15) is 0 Å². The van der Waals surface area contributed by atoms with E-state index in [-0.39, 0.29) is 6.61 Å². The van der Waals surface area contributed by atoms with E-state index in [0.717, 1.165) is 21.8 Å². The van der Waals surface area contributed by atoms with E-state index in [2.05, 4.69) is 20.0 Å². The smallest absolute Gasteiger partial charge is 0.227 e. The Balaban J connectivity index is 1.78. The van der Waals surface area contributed by atoms with Gasteiger partial charge in [0, 0.05) is 30.1 Å². The fourth-order valence-corrected chi connectivity index (χ4v) is 3.33. The van der Waals surface area contributed by atoms with Crippen LogP contribution in [0.2, 0.25) is 0 Å². The Labute approximate surface area is 173 Å². The van der Waals surface area contributed by atoms with Gasteiger partial charge in [-0.1, -0.05) is 0 Å². The predicted molar refractivity (Wildman–Crippen MR) is 116 cm³/mol. The van der Waals surface area contributed by atoms with Gasteiger partial charge in [-0.3, -0.25) is 4.72 Å². The number of aromatic nitrogens is 2. The molecule has 0 saturated heterocycles. The Hall–Kier alpha value is -3.01. The second kappa shape index (κ2) is 9.97. The van der Waals surface area contributed by atoms with Crippen molar-refractivity contribution in [1.29, 1.82) is 0 Å². The lowest BCUT2D eigenvalue weighted by Gasteiger charge is -2.12. The average Bonchev–Trinajstić information content (AvgIpc) is 2.75. The Kier molecular flexibility index (Phi) is 7.12. The summed E-state index contributed by atoms with van der Waals surface area (Å²) in [7, 11) is 3.19. The summed E-state index contributed by atoms with van der Waals surface area (Å²) in [5, 5.41) is 12.1. The third kappa shape index (κ3) is 5.29. The number of nitrogen functional groups attached to an aromatic ring is 1. The molecule has 0 saturated carbocycles. The van der Waals surface area contributed by atoms with Crippen molar-refractivity contribution in [3.63, 3.8) is 0 Å². The molecule has 0 radical (unpaired) electrons. The number of benzene rings is 2. The van der Waals surface area contributed by atoms with Crippen LogP contribution in [0.25, 0.3) is 11.3 Å². The summed E-state index contributed by atoms with van der Waals surface area (Å²) in [6.45, 7) is 0.562. The number of hydrogen-bond acceptors (Lipinski definition) is 9. The number of nitrogens with zero attached hydrogens (tertiary/aromatic N) is 2. The molecule has 1 aromatic heterocycles. The molecule has 3 aromatic rings. The van der Waals surface area contributed by atoms with E-state index in [1.54, 1.807) is 20.4 Å². The van der Waals surface area contributed by atoms with Crippen LogP contribution in [0.5, 0.6) is 11.5 Å². The largest absolute Gasteiger partial charge is 0.495 e. The van der Waals surface area contributed by atoms with Gasteiger partial charge in [-0.15, -0.1) is 0 Å². The fraction of sp³-hybridized carbons (Fsp3) is 0.200. The number of rotatable bonds is 9. The summed E-state index contributed by atoms with van der Waals surface area (Å²) in [4.78, 5) is 9.77. The molecular weight excluding hydrogens is 390 g/mol. The van der Waals surface area contributed by atoms with Crippen LogP contribution in [-0.2, 0) is 0 Å². The molecule has 0 fully saturated rings. The third-order valence-corrected chi connectivity index (χ3v) is 4.90. The van der Waals surface area contributed by atoms with Crippen molar-refractivity contribution in [3.05, 3.63) is 48.7 Å². The molecule has 0 bridgehead atoms. The Morgan fingerprint density at radius 3 is 2.62 bits per heavy atom. The van der Waals surface area contributed by atoms with Crippen LogP contribution in [0, 0.1) is 0 Å². The van der Waals surface area contributed by atoms with E-state index in [1.165, 1.54) is 11.9 Å². The van der Waals surface area contributed by atoms with Crippen LogP contribution in [0.1, 0.15) is 0 Å². The molecule has 1 heterocycles. The zero-order chi connectivity index (χ0) is 20.6. The maximum absolute atomic E-state index is 8.88. The molecule has 29 heavy (non-hydrogen) atoms. The molecule has 0 spiro atoms. The number of nitrogens with one attached hydrogen (secondary N) is 2. The van der Waals surface area contributed by atoms with Gasteiger partial charge in [0.2, 0.25) is 5.95 Å². The Morgan fingerprint density at radius 2 is 1.90 bits per heavy atom. The highest BCUT2D eigenvalue weighted by atomic mass is 32.2. The number of anilines is 3. The zero-order valence-electron chi connectivity index (χ0n) is 16.2. The van der Waals surface area contributed by atoms with Gasteiger partial charge < -0.3 is 25.6 Å². The minimum atomic E-state index is 0.0719. The van der Waals surface area contributed by atoms with Crippen molar-refractivity contribution >= 4 is 29.3 Å². The molecule has 3 rings (SSSR count). The van der Waals surface area contributed by atoms with Gasteiger partial charge in [0.15, 0.2) is 0 Å². The topological polar surface area (TPSA) is 115 Å². The molecule has 0 aliphatic rings. The average molecular weight is 414 g/mol. The van der Waals surface area contributed by atoms with E-state index < -0.39 is 0 Å². The molecule has 0 unspecified atom stereocenters. The minimum absolute atomic E-state index is 0.0719. The van der Waals surface area contributed by atoms with Crippen molar-refractivity contribution in [1.82, 2.24) is 14.7 Å². The first-order valence-corrected chi connectivity index (χ1v) is 9.69. The summed E-state index contributed by atoms with van der Waals surface area (Å²) in [5.74, 6) is 1.78. The first-order valence-electron chi connectivity index (χ1n) is 8.87. The van der Waals surface area contributed by atoms with Gasteiger partial charge in [0.1, 0.15) is 11.5 Å². The SMILES string of the molecule is COc1ccc(-c2ccnc(Nc3ccc(SNCCO)c(OC)c3)n2)cc1N. The van der Waals surface area contributed by atoms with E-state index in [1.807, 2.05) is 42.5 Å². The number of aliphatic hydroxyl groups is 1. The standard InChI is InChI=1S/C20H23N5O3S/c1-27-17-5-3-13(11-15(17)21)16-7-8-22-20(25-16)24-14-4-6-19(18(12-14)28-2)29-23-9-10-26/h3-8,11-12,23,26H,9-10,21H2,1-2H3,(H,22,24,25). The normalized spacial score (nSPS) is 10.6. The van der Waals surface area contributed by atoms with Gasteiger partial charge >= 0.3 is 0 Å². The molecule has 0 atom stereocenters. The summed E-state index contributed by atoms with van der Waals surface area (Å²) in [5.41, 5.74) is 8.95. The van der Waals surface area contributed by atoms with Crippen molar-refractivity contribution in [2.75, 3.05) is 38.4 Å². The highest BCUT2D eigenvalue weighted by molar-refractivity contribution is 7.97. The maximum Gasteiger partial charge on any atom is 0.227 e. The Morgan fingerprint density at radius 1 is 1.07 bits per heavy atom. The molecule has 0 amide bonds. The molecule has 8 nitrogen and oxygen atoms in total. The fourth-order valence-electron chi connectivity index (χ4n) is 2.61. The van der Waals surface area contributed by atoms with E-state index in [4.69, 9.17) is 20.3 Å². The monoisotopic (exact) mass is 413 g/mol. The first-order chi connectivity index (χ1) is 14.1. The number of ether oxygens (including phenoxy) is 2. The van der Waals surface area contributed by atoms with Gasteiger partial charge in [0.05, 0.1) is 37.1 Å². The van der Waals surface area contributed by atoms with Gasteiger partial charge in [-0.2, -0.15) is 0 Å². The quantitative estimate of drug-likeness (QED) is 0.239. The first kappa shape index (κ1) is 20.7. The Bertz CT molecular complexity index is 971. The predicted octanol–water partition coefficient (Wildman–Crippen LogP) is 3.08. The highest BCUT2D eigenvalue weighted by Crippen LogP contribution is 2.31. The van der Waals surface area contributed by atoms with E-state index in [0.29, 0.717) is 29.7 Å². The lowest BCUT2D eigenvalue weighted by atomic mass is 10.1. The lowest BCUT2D eigenvalue weighted by molar-refractivity contribution is 0.302. The van der Waals surface area contributed by atoms with Crippen LogP contribution in [0.15, 0.2) is 53.6 Å². The molecule has 152 valence electrons. The number of hydrogen-bond donors (Lipinski definition) is 4. The maximum atomic E-state index is 8.88. The summed E-state index contributed by atoms with van der Waals surface area (Å²) < 4.78 is 13.7. The van der Waals surface area contributed by atoms with Gasteiger partial charge in [0.25, 0.3) is 0 Å². The summed E-state index contributed by atoms with van der Waals surface area (Å²) >= 11 is 1.40. The van der Waals surface area contributed by atoms with Gasteiger partial charge in [-0.25, -0.2) is 9.97 Å². The van der Waals surface area contributed by atoms with Crippen LogP contribution < -0.4 is 25.2 Å². The zero-order valence-corrected chi connectivity index (χ0v) is 17.0. The van der Waals surface area contributed by atoms with Crippen molar-refractivity contribution in [2.45, 2.75) is 4.90 Å².